The number of nitro benzene ring substituents is 1. The quantitative estimate of drug-likeness (QED) is 0.626. The predicted molar refractivity (Wildman–Crippen MR) is 92.7 cm³/mol. The summed E-state index contributed by atoms with van der Waals surface area (Å²) in [5.74, 6) is -0.0619. The fraction of sp³-hybridized carbons (Fsp3) is 0.278. The van der Waals surface area contributed by atoms with E-state index in [1.807, 2.05) is 49.3 Å². The molecule has 0 spiro atoms. The summed E-state index contributed by atoms with van der Waals surface area (Å²) in [6.07, 6.45) is 0.624. The third kappa shape index (κ3) is 4.63. The number of amides is 1. The molecule has 0 fully saturated rings. The molecule has 0 saturated carbocycles. The smallest absolute Gasteiger partial charge is 0.269 e. The third-order valence-electron chi connectivity index (χ3n) is 3.74. The molecule has 2 aromatic rings. The Morgan fingerprint density at radius 1 is 1.12 bits per heavy atom. The summed E-state index contributed by atoms with van der Waals surface area (Å²) in [5, 5.41) is 13.6. The van der Waals surface area contributed by atoms with E-state index in [4.69, 9.17) is 0 Å². The van der Waals surface area contributed by atoms with Crippen LogP contribution in [0.5, 0.6) is 0 Å². The molecule has 2 aromatic carbocycles. The summed E-state index contributed by atoms with van der Waals surface area (Å²) in [6, 6.07) is 15.6. The summed E-state index contributed by atoms with van der Waals surface area (Å²) in [7, 11) is 3.74. The average molecular weight is 327 g/mol. The summed E-state index contributed by atoms with van der Waals surface area (Å²) in [6.45, 7) is 0.480. The van der Waals surface area contributed by atoms with Gasteiger partial charge in [0.25, 0.3) is 5.69 Å². The maximum atomic E-state index is 12.5. The van der Waals surface area contributed by atoms with Gasteiger partial charge in [0, 0.05) is 18.7 Å². The lowest BCUT2D eigenvalue weighted by molar-refractivity contribution is -0.384. The summed E-state index contributed by atoms with van der Waals surface area (Å²) in [5.41, 5.74) is 1.96. The molecule has 0 saturated heterocycles. The highest BCUT2D eigenvalue weighted by Crippen LogP contribution is 2.18. The highest BCUT2D eigenvalue weighted by Gasteiger charge is 2.22. The Morgan fingerprint density at radius 3 is 2.29 bits per heavy atom. The van der Waals surface area contributed by atoms with Crippen molar-refractivity contribution < 1.29 is 9.72 Å². The lowest BCUT2D eigenvalue weighted by Crippen LogP contribution is -2.37. The van der Waals surface area contributed by atoms with E-state index < -0.39 is 4.92 Å². The standard InChI is InChI=1S/C18H21N3O3/c1-20(2)17(15-6-4-3-5-7-15)18(22)19-13-12-14-8-10-16(11-9-14)21(23)24/h3-11,17H,12-13H2,1-2H3,(H,19,22). The molecule has 0 aliphatic rings. The highest BCUT2D eigenvalue weighted by molar-refractivity contribution is 5.83. The van der Waals surface area contributed by atoms with Crippen LogP contribution < -0.4 is 5.32 Å². The molecule has 24 heavy (non-hydrogen) atoms. The maximum absolute atomic E-state index is 12.5. The number of rotatable bonds is 7. The van der Waals surface area contributed by atoms with Crippen LogP contribution in [0.2, 0.25) is 0 Å². The topological polar surface area (TPSA) is 75.5 Å². The first kappa shape index (κ1) is 17.6. The summed E-state index contributed by atoms with van der Waals surface area (Å²) >= 11 is 0. The fourth-order valence-electron chi connectivity index (χ4n) is 2.53. The molecule has 6 nitrogen and oxygen atoms in total. The van der Waals surface area contributed by atoms with Crippen molar-refractivity contribution in [2.45, 2.75) is 12.5 Å². The second-order valence-electron chi connectivity index (χ2n) is 5.74. The van der Waals surface area contributed by atoms with E-state index in [0.29, 0.717) is 13.0 Å². The first-order valence-electron chi connectivity index (χ1n) is 7.71. The predicted octanol–water partition coefficient (Wildman–Crippen LogP) is 2.56. The number of benzene rings is 2. The summed E-state index contributed by atoms with van der Waals surface area (Å²) in [4.78, 5) is 24.6. The molecule has 0 heterocycles. The molecular weight excluding hydrogens is 306 g/mol. The number of hydrogen-bond acceptors (Lipinski definition) is 4. The van der Waals surface area contributed by atoms with Crippen LogP contribution in [0.4, 0.5) is 5.69 Å². The second kappa shape index (κ2) is 8.21. The van der Waals surface area contributed by atoms with Gasteiger partial charge in [-0.05, 0) is 31.6 Å². The molecule has 0 bridgehead atoms. The molecule has 1 unspecified atom stereocenters. The first-order valence-corrected chi connectivity index (χ1v) is 7.71. The largest absolute Gasteiger partial charge is 0.354 e. The van der Waals surface area contributed by atoms with Crippen molar-refractivity contribution in [2.75, 3.05) is 20.6 Å². The van der Waals surface area contributed by atoms with Gasteiger partial charge >= 0.3 is 0 Å². The molecule has 0 radical (unpaired) electrons. The zero-order chi connectivity index (χ0) is 17.5. The van der Waals surface area contributed by atoms with Gasteiger partial charge in [0.15, 0.2) is 0 Å². The van der Waals surface area contributed by atoms with Crippen molar-refractivity contribution in [3.63, 3.8) is 0 Å². The lowest BCUT2D eigenvalue weighted by atomic mass is 10.1. The molecular formula is C18H21N3O3. The van der Waals surface area contributed by atoms with Gasteiger partial charge in [-0.1, -0.05) is 42.5 Å². The Labute approximate surface area is 141 Å². The monoisotopic (exact) mass is 327 g/mol. The van der Waals surface area contributed by atoms with Crippen molar-refractivity contribution in [1.29, 1.82) is 0 Å². The average Bonchev–Trinajstić information content (AvgIpc) is 2.56. The number of carbonyl (C=O) groups is 1. The van der Waals surface area contributed by atoms with Gasteiger partial charge < -0.3 is 5.32 Å². The van der Waals surface area contributed by atoms with Crippen molar-refractivity contribution in [2.24, 2.45) is 0 Å². The minimum absolute atomic E-state index is 0.0619. The van der Waals surface area contributed by atoms with Gasteiger partial charge in [0.1, 0.15) is 6.04 Å². The van der Waals surface area contributed by atoms with E-state index in [9.17, 15) is 14.9 Å². The van der Waals surface area contributed by atoms with Crippen LogP contribution in [0, 0.1) is 10.1 Å². The van der Waals surface area contributed by atoms with E-state index in [1.165, 1.54) is 12.1 Å². The Bertz CT molecular complexity index is 684. The van der Waals surface area contributed by atoms with Gasteiger partial charge in [0.2, 0.25) is 5.91 Å². The molecule has 6 heteroatoms. The zero-order valence-electron chi connectivity index (χ0n) is 13.8. The van der Waals surface area contributed by atoms with Crippen LogP contribution in [0.1, 0.15) is 17.2 Å². The van der Waals surface area contributed by atoms with Gasteiger partial charge in [-0.2, -0.15) is 0 Å². The minimum atomic E-state index is -0.424. The second-order valence-corrected chi connectivity index (χ2v) is 5.74. The van der Waals surface area contributed by atoms with Gasteiger partial charge in [-0.25, -0.2) is 0 Å². The van der Waals surface area contributed by atoms with E-state index >= 15 is 0 Å². The van der Waals surface area contributed by atoms with Crippen molar-refractivity contribution in [1.82, 2.24) is 10.2 Å². The number of carbonyl (C=O) groups excluding carboxylic acids is 1. The van der Waals surface area contributed by atoms with Crippen molar-refractivity contribution in [3.05, 3.63) is 75.8 Å². The van der Waals surface area contributed by atoms with Gasteiger partial charge in [-0.3, -0.25) is 19.8 Å². The number of hydrogen-bond donors (Lipinski definition) is 1. The number of likely N-dealkylation sites (N-methyl/N-ethyl adjacent to an activating group) is 1. The lowest BCUT2D eigenvalue weighted by Gasteiger charge is -2.23. The fourth-order valence-corrected chi connectivity index (χ4v) is 2.53. The Balaban J connectivity index is 1.92. The van der Waals surface area contributed by atoms with Crippen LogP contribution in [0.15, 0.2) is 54.6 Å². The van der Waals surface area contributed by atoms with Gasteiger partial charge in [0.05, 0.1) is 4.92 Å². The number of nitrogens with zero attached hydrogens (tertiary/aromatic N) is 2. The molecule has 2 rings (SSSR count). The molecule has 0 aromatic heterocycles. The highest BCUT2D eigenvalue weighted by atomic mass is 16.6. The van der Waals surface area contributed by atoms with E-state index in [-0.39, 0.29) is 17.6 Å². The van der Waals surface area contributed by atoms with Crippen molar-refractivity contribution >= 4 is 11.6 Å². The zero-order valence-corrected chi connectivity index (χ0v) is 13.8. The van der Waals surface area contributed by atoms with Gasteiger partial charge in [-0.15, -0.1) is 0 Å². The molecule has 1 N–H and O–H groups in total. The molecule has 0 aliphatic carbocycles. The number of nitro groups is 1. The molecule has 1 amide bonds. The van der Waals surface area contributed by atoms with Crippen molar-refractivity contribution in [3.8, 4) is 0 Å². The Kier molecular flexibility index (Phi) is 6.03. The Hall–Kier alpha value is -2.73. The van der Waals surface area contributed by atoms with Crippen LogP contribution in [-0.2, 0) is 11.2 Å². The summed E-state index contributed by atoms with van der Waals surface area (Å²) < 4.78 is 0. The van der Waals surface area contributed by atoms with Crippen LogP contribution in [0.3, 0.4) is 0 Å². The Morgan fingerprint density at radius 2 is 1.75 bits per heavy atom. The normalized spacial score (nSPS) is 12.0. The number of nitrogens with one attached hydrogen (secondary N) is 1. The van der Waals surface area contributed by atoms with E-state index in [1.54, 1.807) is 12.1 Å². The van der Waals surface area contributed by atoms with E-state index in [2.05, 4.69) is 5.32 Å². The molecule has 126 valence electrons. The molecule has 1 atom stereocenters. The van der Waals surface area contributed by atoms with E-state index in [0.717, 1.165) is 11.1 Å². The number of non-ortho nitro benzene ring substituents is 1. The SMILES string of the molecule is CN(C)C(C(=O)NCCc1ccc([N+](=O)[O-])cc1)c1ccccc1. The third-order valence-corrected chi connectivity index (χ3v) is 3.74. The van der Waals surface area contributed by atoms with Crippen LogP contribution >= 0.6 is 0 Å². The van der Waals surface area contributed by atoms with Crippen LogP contribution in [-0.4, -0.2) is 36.4 Å². The maximum Gasteiger partial charge on any atom is 0.269 e. The van der Waals surface area contributed by atoms with Crippen LogP contribution in [0.25, 0.3) is 0 Å². The minimum Gasteiger partial charge on any atom is -0.354 e. The molecule has 0 aliphatic heterocycles. The first-order chi connectivity index (χ1) is 11.5.